The molecular weight excluding hydrogens is 316 g/mol. The Morgan fingerprint density at radius 3 is 2.72 bits per heavy atom. The van der Waals surface area contributed by atoms with E-state index in [0.717, 1.165) is 42.5 Å². The summed E-state index contributed by atoms with van der Waals surface area (Å²) in [7, 11) is 3.83. The van der Waals surface area contributed by atoms with E-state index in [2.05, 4.69) is 11.9 Å². The zero-order valence-corrected chi connectivity index (χ0v) is 15.0. The van der Waals surface area contributed by atoms with E-state index in [9.17, 15) is 4.79 Å². The highest BCUT2D eigenvalue weighted by Gasteiger charge is 2.40. The number of para-hydroxylation sites is 1. The molecular formula is C20H26N2O3. The highest BCUT2D eigenvalue weighted by Crippen LogP contribution is 2.33. The Balaban J connectivity index is 1.68. The molecule has 0 radical (unpaired) electrons. The second-order valence-corrected chi connectivity index (χ2v) is 7.24. The number of benzene rings is 1. The van der Waals surface area contributed by atoms with Crippen LogP contribution in [0.4, 0.5) is 0 Å². The van der Waals surface area contributed by atoms with Crippen LogP contribution in [0.3, 0.4) is 0 Å². The molecule has 2 aliphatic rings. The van der Waals surface area contributed by atoms with Crippen LogP contribution in [0.15, 0.2) is 28.7 Å². The van der Waals surface area contributed by atoms with E-state index in [1.54, 1.807) is 7.11 Å². The molecule has 2 atom stereocenters. The summed E-state index contributed by atoms with van der Waals surface area (Å²) in [6.45, 7) is 2.33. The number of rotatable bonds is 4. The Kier molecular flexibility index (Phi) is 4.52. The molecule has 2 aromatic rings. The minimum absolute atomic E-state index is 0.0195. The molecule has 0 N–H and O–H groups in total. The molecule has 4 rings (SSSR count). The van der Waals surface area contributed by atoms with Gasteiger partial charge in [-0.25, -0.2) is 0 Å². The first-order valence-corrected chi connectivity index (χ1v) is 9.21. The topological polar surface area (TPSA) is 45.9 Å². The number of likely N-dealkylation sites (tertiary alicyclic amines) is 2. The van der Waals surface area contributed by atoms with Crippen molar-refractivity contribution in [2.75, 3.05) is 27.2 Å². The number of carbonyl (C=O) groups is 1. The van der Waals surface area contributed by atoms with Gasteiger partial charge in [0.25, 0.3) is 5.91 Å². The molecule has 1 aromatic heterocycles. The van der Waals surface area contributed by atoms with E-state index in [0.29, 0.717) is 24.5 Å². The van der Waals surface area contributed by atoms with E-state index in [4.69, 9.17) is 9.15 Å². The fourth-order valence-corrected chi connectivity index (χ4v) is 4.56. The van der Waals surface area contributed by atoms with Crippen LogP contribution in [0, 0.1) is 0 Å². The molecule has 0 saturated carbocycles. The molecule has 5 heteroatoms. The molecule has 0 aliphatic carbocycles. The van der Waals surface area contributed by atoms with Gasteiger partial charge < -0.3 is 19.0 Å². The lowest BCUT2D eigenvalue weighted by Crippen LogP contribution is -2.47. The summed E-state index contributed by atoms with van der Waals surface area (Å²) in [5.74, 6) is 0.474. The van der Waals surface area contributed by atoms with Gasteiger partial charge in [0.2, 0.25) is 0 Å². The molecule has 0 bridgehead atoms. The van der Waals surface area contributed by atoms with Gasteiger partial charge in [-0.2, -0.15) is 0 Å². The monoisotopic (exact) mass is 342 g/mol. The first-order valence-electron chi connectivity index (χ1n) is 9.21. The van der Waals surface area contributed by atoms with Crippen LogP contribution >= 0.6 is 0 Å². The van der Waals surface area contributed by atoms with E-state index in [-0.39, 0.29) is 5.91 Å². The first-order chi connectivity index (χ1) is 12.2. The third-order valence-electron chi connectivity index (χ3n) is 5.76. The van der Waals surface area contributed by atoms with Crippen molar-refractivity contribution in [3.8, 4) is 0 Å². The van der Waals surface area contributed by atoms with Gasteiger partial charge in [-0.15, -0.1) is 0 Å². The minimum Gasteiger partial charge on any atom is -0.451 e. The summed E-state index contributed by atoms with van der Waals surface area (Å²) in [6, 6.07) is 8.58. The normalized spacial score (nSPS) is 24.5. The number of nitrogens with zero attached hydrogens (tertiary/aromatic N) is 2. The molecule has 2 aliphatic heterocycles. The molecule has 0 spiro atoms. The summed E-state index contributed by atoms with van der Waals surface area (Å²) in [6.07, 6.45) is 4.55. The van der Waals surface area contributed by atoms with Crippen molar-refractivity contribution in [3.05, 3.63) is 35.6 Å². The lowest BCUT2D eigenvalue weighted by atomic mass is 10.0. The average Bonchev–Trinajstić information content (AvgIpc) is 3.33. The minimum atomic E-state index is 0.0195. The Bertz CT molecular complexity index is 769. The van der Waals surface area contributed by atoms with Gasteiger partial charge in [-0.1, -0.05) is 18.2 Å². The molecule has 134 valence electrons. The number of amides is 1. The largest absolute Gasteiger partial charge is 0.451 e. The van der Waals surface area contributed by atoms with E-state index < -0.39 is 0 Å². The predicted octanol–water partition coefficient (Wildman–Crippen LogP) is 3.28. The van der Waals surface area contributed by atoms with Gasteiger partial charge in [-0.3, -0.25) is 4.79 Å². The average molecular weight is 342 g/mol. The third-order valence-corrected chi connectivity index (χ3v) is 5.76. The van der Waals surface area contributed by atoms with Crippen LogP contribution in [0.2, 0.25) is 0 Å². The van der Waals surface area contributed by atoms with Gasteiger partial charge in [0.15, 0.2) is 5.76 Å². The molecule has 0 unspecified atom stereocenters. The highest BCUT2D eigenvalue weighted by molar-refractivity contribution is 5.99. The number of hydrogen-bond acceptors (Lipinski definition) is 4. The molecule has 25 heavy (non-hydrogen) atoms. The fraction of sp³-hybridized carbons (Fsp3) is 0.550. The molecule has 2 fully saturated rings. The van der Waals surface area contributed by atoms with Gasteiger partial charge in [0, 0.05) is 36.7 Å². The van der Waals surface area contributed by atoms with Crippen molar-refractivity contribution in [3.63, 3.8) is 0 Å². The number of carbonyl (C=O) groups excluding carboxylic acids is 1. The lowest BCUT2D eigenvalue weighted by molar-refractivity contribution is 0.0629. The van der Waals surface area contributed by atoms with Crippen molar-refractivity contribution in [2.45, 2.75) is 44.4 Å². The predicted molar refractivity (Wildman–Crippen MR) is 96.6 cm³/mol. The van der Waals surface area contributed by atoms with E-state index in [1.807, 2.05) is 29.2 Å². The quantitative estimate of drug-likeness (QED) is 0.855. The number of fused-ring (bicyclic) bond motifs is 1. The maximum atomic E-state index is 13.3. The van der Waals surface area contributed by atoms with Gasteiger partial charge >= 0.3 is 0 Å². The highest BCUT2D eigenvalue weighted by atomic mass is 16.5. The maximum absolute atomic E-state index is 13.3. The summed E-state index contributed by atoms with van der Waals surface area (Å²) in [4.78, 5) is 17.8. The second kappa shape index (κ2) is 6.81. The van der Waals surface area contributed by atoms with Crippen LogP contribution in [0.25, 0.3) is 11.0 Å². The zero-order chi connectivity index (χ0) is 17.4. The Labute approximate surface area is 148 Å². The van der Waals surface area contributed by atoms with Gasteiger partial charge in [-0.05, 0) is 45.3 Å². The summed E-state index contributed by atoms with van der Waals surface area (Å²) >= 11 is 0. The van der Waals surface area contributed by atoms with Crippen molar-refractivity contribution < 1.29 is 13.9 Å². The molecule has 1 amide bonds. The number of furan rings is 1. The second-order valence-electron chi connectivity index (χ2n) is 7.24. The summed E-state index contributed by atoms with van der Waals surface area (Å²) in [5, 5.41) is 0.974. The standard InChI is InChI=1S/C20H26N2O3/c1-21-11-5-8-16(21)17-9-6-12-22(17)20(23)19-15(13-24-2)14-7-3-4-10-18(14)25-19/h3-4,7,10,16-17H,5-6,8-9,11-13H2,1-2H3/t16-,17-/m0/s1. The Morgan fingerprint density at radius 2 is 1.96 bits per heavy atom. The van der Waals surface area contributed by atoms with Crippen LogP contribution in [-0.4, -0.2) is 55.0 Å². The summed E-state index contributed by atoms with van der Waals surface area (Å²) < 4.78 is 11.3. The first kappa shape index (κ1) is 16.6. The van der Waals surface area contributed by atoms with Crippen LogP contribution in [-0.2, 0) is 11.3 Å². The molecule has 1 aromatic carbocycles. The van der Waals surface area contributed by atoms with Crippen LogP contribution in [0.5, 0.6) is 0 Å². The number of hydrogen-bond donors (Lipinski definition) is 0. The molecule has 2 saturated heterocycles. The number of likely N-dealkylation sites (N-methyl/N-ethyl adjacent to an activating group) is 1. The van der Waals surface area contributed by atoms with Gasteiger partial charge in [0.1, 0.15) is 5.58 Å². The Morgan fingerprint density at radius 1 is 1.20 bits per heavy atom. The fourth-order valence-electron chi connectivity index (χ4n) is 4.56. The number of ether oxygens (including phenoxy) is 1. The lowest BCUT2D eigenvalue weighted by Gasteiger charge is -2.33. The third kappa shape index (κ3) is 2.85. The van der Waals surface area contributed by atoms with Gasteiger partial charge in [0.05, 0.1) is 6.61 Å². The molecule has 3 heterocycles. The van der Waals surface area contributed by atoms with Crippen molar-refractivity contribution in [1.82, 2.24) is 9.80 Å². The van der Waals surface area contributed by atoms with Crippen molar-refractivity contribution >= 4 is 16.9 Å². The smallest absolute Gasteiger partial charge is 0.290 e. The number of methoxy groups -OCH3 is 1. The van der Waals surface area contributed by atoms with E-state index >= 15 is 0 Å². The molecule has 5 nitrogen and oxygen atoms in total. The van der Waals surface area contributed by atoms with Crippen molar-refractivity contribution in [1.29, 1.82) is 0 Å². The zero-order valence-electron chi connectivity index (χ0n) is 15.0. The van der Waals surface area contributed by atoms with Crippen molar-refractivity contribution in [2.24, 2.45) is 0 Å². The SMILES string of the molecule is COCc1c(C(=O)N2CCC[C@H]2[C@@H]2CCCN2C)oc2ccccc12. The van der Waals surface area contributed by atoms with Crippen LogP contribution < -0.4 is 0 Å². The van der Waals surface area contributed by atoms with E-state index in [1.165, 1.54) is 12.8 Å². The Hall–Kier alpha value is -1.85. The maximum Gasteiger partial charge on any atom is 0.290 e. The van der Waals surface area contributed by atoms with Crippen LogP contribution in [0.1, 0.15) is 41.8 Å². The summed E-state index contributed by atoms with van der Waals surface area (Å²) in [5.41, 5.74) is 1.63.